The smallest absolute Gasteiger partial charge is 0.0994 e. The van der Waals surface area contributed by atoms with E-state index in [1.165, 1.54) is 5.01 Å². The molecule has 3 nitrogen and oxygen atoms in total. The zero-order chi connectivity index (χ0) is 10.7. The van der Waals surface area contributed by atoms with E-state index >= 15 is 0 Å². The van der Waals surface area contributed by atoms with Gasteiger partial charge in [-0.05, 0) is 0 Å². The van der Waals surface area contributed by atoms with Gasteiger partial charge in [0.2, 0.25) is 0 Å². The molecule has 1 N–H and O–H groups in total. The Kier molecular flexibility index (Phi) is 3.38. The Labute approximate surface area is 95.5 Å². The van der Waals surface area contributed by atoms with Crippen LogP contribution in [0.3, 0.4) is 0 Å². The van der Waals surface area contributed by atoms with Crippen molar-refractivity contribution in [3.05, 3.63) is 16.6 Å². The zero-order valence-electron chi connectivity index (χ0n) is 9.49. The van der Waals surface area contributed by atoms with Crippen LogP contribution >= 0.6 is 11.3 Å². The van der Waals surface area contributed by atoms with Crippen molar-refractivity contribution in [2.75, 3.05) is 32.7 Å². The molecule has 15 heavy (non-hydrogen) atoms. The monoisotopic (exact) mass is 225 g/mol. The number of piperazine rings is 1. The quantitative estimate of drug-likeness (QED) is 0.841. The molecule has 84 valence electrons. The van der Waals surface area contributed by atoms with Gasteiger partial charge in [0.15, 0.2) is 0 Å². The standard InChI is InChI=1S/C11H19N3S/c1-11(2,10-13-5-8-15-10)9-14-6-3-12-4-7-14/h5,8,12H,3-4,6-7,9H2,1-2H3. The van der Waals surface area contributed by atoms with Gasteiger partial charge in [0.1, 0.15) is 0 Å². The molecule has 1 aromatic rings. The van der Waals surface area contributed by atoms with Crippen LogP contribution in [0.1, 0.15) is 18.9 Å². The maximum Gasteiger partial charge on any atom is 0.0994 e. The van der Waals surface area contributed by atoms with Crippen LogP contribution in [-0.4, -0.2) is 42.6 Å². The third kappa shape index (κ3) is 2.77. The van der Waals surface area contributed by atoms with Crippen molar-refractivity contribution in [3.63, 3.8) is 0 Å². The van der Waals surface area contributed by atoms with E-state index in [-0.39, 0.29) is 5.41 Å². The van der Waals surface area contributed by atoms with Crippen LogP contribution in [0.4, 0.5) is 0 Å². The molecule has 0 saturated carbocycles. The molecule has 4 heteroatoms. The highest BCUT2D eigenvalue weighted by Gasteiger charge is 2.26. The van der Waals surface area contributed by atoms with Gasteiger partial charge in [-0.2, -0.15) is 0 Å². The molecule has 1 fully saturated rings. The van der Waals surface area contributed by atoms with E-state index in [2.05, 4.69) is 34.4 Å². The Morgan fingerprint density at radius 2 is 2.20 bits per heavy atom. The second-order valence-electron chi connectivity index (χ2n) is 4.75. The van der Waals surface area contributed by atoms with Crippen LogP contribution < -0.4 is 5.32 Å². The van der Waals surface area contributed by atoms with Gasteiger partial charge in [-0.25, -0.2) is 4.98 Å². The zero-order valence-corrected chi connectivity index (χ0v) is 10.3. The highest BCUT2D eigenvalue weighted by atomic mass is 32.1. The lowest BCUT2D eigenvalue weighted by Gasteiger charge is -2.34. The van der Waals surface area contributed by atoms with E-state index < -0.39 is 0 Å². The van der Waals surface area contributed by atoms with Gasteiger partial charge >= 0.3 is 0 Å². The van der Waals surface area contributed by atoms with Crippen molar-refractivity contribution in [2.24, 2.45) is 0 Å². The first-order chi connectivity index (χ1) is 7.18. The third-order valence-electron chi connectivity index (χ3n) is 2.84. The fourth-order valence-electron chi connectivity index (χ4n) is 2.05. The second kappa shape index (κ2) is 4.60. The summed E-state index contributed by atoms with van der Waals surface area (Å²) >= 11 is 1.77. The Hall–Kier alpha value is -0.450. The van der Waals surface area contributed by atoms with Gasteiger partial charge in [0.05, 0.1) is 5.01 Å². The number of hydrogen-bond acceptors (Lipinski definition) is 4. The summed E-state index contributed by atoms with van der Waals surface area (Å²) in [5, 5.41) is 6.70. The van der Waals surface area contributed by atoms with Crippen molar-refractivity contribution in [3.8, 4) is 0 Å². The molecule has 0 aliphatic carbocycles. The molecule has 1 aromatic heterocycles. The molecular formula is C11H19N3S. The topological polar surface area (TPSA) is 28.2 Å². The third-order valence-corrected chi connectivity index (χ3v) is 3.98. The summed E-state index contributed by atoms with van der Waals surface area (Å²) in [5.41, 5.74) is 0.186. The molecule has 2 heterocycles. The van der Waals surface area contributed by atoms with Crippen LogP contribution in [0, 0.1) is 0 Å². The first-order valence-corrected chi connectivity index (χ1v) is 6.39. The van der Waals surface area contributed by atoms with Gasteiger partial charge in [-0.1, -0.05) is 13.8 Å². The number of hydrogen-bond donors (Lipinski definition) is 1. The van der Waals surface area contributed by atoms with Crippen LogP contribution in [0.5, 0.6) is 0 Å². The van der Waals surface area contributed by atoms with Crippen LogP contribution in [0.25, 0.3) is 0 Å². The van der Waals surface area contributed by atoms with Crippen LogP contribution in [-0.2, 0) is 5.41 Å². The summed E-state index contributed by atoms with van der Waals surface area (Å²) in [6.07, 6.45) is 1.90. The lowest BCUT2D eigenvalue weighted by Crippen LogP contribution is -2.47. The van der Waals surface area contributed by atoms with Crippen LogP contribution in [0.2, 0.25) is 0 Å². The van der Waals surface area contributed by atoms with E-state index in [1.807, 2.05) is 6.20 Å². The summed E-state index contributed by atoms with van der Waals surface area (Å²) in [7, 11) is 0. The molecule has 0 radical (unpaired) electrons. The minimum Gasteiger partial charge on any atom is -0.314 e. The highest BCUT2D eigenvalue weighted by molar-refractivity contribution is 7.09. The Balaban J connectivity index is 1.97. The molecule has 2 rings (SSSR count). The molecular weight excluding hydrogens is 206 g/mol. The van der Waals surface area contributed by atoms with Crippen molar-refractivity contribution in [1.29, 1.82) is 0 Å². The fourth-order valence-corrected chi connectivity index (χ4v) is 2.81. The van der Waals surface area contributed by atoms with E-state index in [4.69, 9.17) is 0 Å². The predicted octanol–water partition coefficient (Wildman–Crippen LogP) is 1.33. The minimum absolute atomic E-state index is 0.186. The highest BCUT2D eigenvalue weighted by Crippen LogP contribution is 2.26. The first kappa shape index (κ1) is 11.0. The van der Waals surface area contributed by atoms with Crippen molar-refractivity contribution in [1.82, 2.24) is 15.2 Å². The SMILES string of the molecule is CC(C)(CN1CCNCC1)c1nccs1. The molecule has 0 spiro atoms. The van der Waals surface area contributed by atoms with Crippen molar-refractivity contribution < 1.29 is 0 Å². The average Bonchev–Trinajstić information content (AvgIpc) is 2.71. The molecule has 0 unspecified atom stereocenters. The molecule has 1 aliphatic rings. The molecule has 0 atom stereocenters. The number of thiazole rings is 1. The molecule has 0 aromatic carbocycles. The van der Waals surface area contributed by atoms with Crippen molar-refractivity contribution >= 4 is 11.3 Å². The molecule has 1 saturated heterocycles. The Morgan fingerprint density at radius 3 is 2.80 bits per heavy atom. The summed E-state index contributed by atoms with van der Waals surface area (Å²) in [6.45, 7) is 10.2. The van der Waals surface area contributed by atoms with Gasteiger partial charge < -0.3 is 5.32 Å². The number of nitrogens with one attached hydrogen (secondary N) is 1. The second-order valence-corrected chi connectivity index (χ2v) is 5.64. The van der Waals surface area contributed by atoms with Gasteiger partial charge in [0.25, 0.3) is 0 Å². The van der Waals surface area contributed by atoms with Crippen LogP contribution in [0.15, 0.2) is 11.6 Å². The van der Waals surface area contributed by atoms with Gasteiger partial charge in [-0.3, -0.25) is 4.90 Å². The summed E-state index contributed by atoms with van der Waals surface area (Å²) < 4.78 is 0. The predicted molar refractivity (Wildman–Crippen MR) is 64.4 cm³/mol. The Bertz CT molecular complexity index is 289. The summed E-state index contributed by atoms with van der Waals surface area (Å²) in [5.74, 6) is 0. The fraction of sp³-hybridized carbons (Fsp3) is 0.727. The van der Waals surface area contributed by atoms with E-state index in [1.54, 1.807) is 11.3 Å². The normalized spacial score (nSPS) is 19.3. The summed E-state index contributed by atoms with van der Waals surface area (Å²) in [6, 6.07) is 0. The van der Waals surface area contributed by atoms with E-state index in [9.17, 15) is 0 Å². The summed E-state index contributed by atoms with van der Waals surface area (Å²) in [4.78, 5) is 6.96. The largest absolute Gasteiger partial charge is 0.314 e. The van der Waals surface area contributed by atoms with E-state index in [0.29, 0.717) is 0 Å². The first-order valence-electron chi connectivity index (χ1n) is 5.51. The molecule has 0 bridgehead atoms. The molecule has 0 amide bonds. The number of nitrogens with zero attached hydrogens (tertiary/aromatic N) is 2. The number of aromatic nitrogens is 1. The average molecular weight is 225 g/mol. The number of rotatable bonds is 3. The van der Waals surface area contributed by atoms with Gasteiger partial charge in [0, 0.05) is 49.7 Å². The molecule has 1 aliphatic heterocycles. The Morgan fingerprint density at radius 1 is 1.47 bits per heavy atom. The lowest BCUT2D eigenvalue weighted by atomic mass is 9.93. The van der Waals surface area contributed by atoms with E-state index in [0.717, 1.165) is 32.7 Å². The minimum atomic E-state index is 0.186. The lowest BCUT2D eigenvalue weighted by molar-refractivity contribution is 0.199. The van der Waals surface area contributed by atoms with Crippen molar-refractivity contribution in [2.45, 2.75) is 19.3 Å². The maximum absolute atomic E-state index is 4.43. The van der Waals surface area contributed by atoms with Gasteiger partial charge in [-0.15, -0.1) is 11.3 Å². The maximum atomic E-state index is 4.43.